The Labute approximate surface area is 97.2 Å². The highest BCUT2D eigenvalue weighted by Gasteiger charge is 2.04. The van der Waals surface area contributed by atoms with Gasteiger partial charge in [0.05, 0.1) is 0 Å². The average Bonchev–Trinajstić information content (AvgIpc) is 2.66. The molecule has 0 aliphatic carbocycles. The molecule has 0 radical (unpaired) electrons. The van der Waals surface area contributed by atoms with Crippen molar-refractivity contribution in [3.63, 3.8) is 0 Å². The first-order valence-corrected chi connectivity index (χ1v) is 5.64. The van der Waals surface area contributed by atoms with Crippen LogP contribution < -0.4 is 5.32 Å². The van der Waals surface area contributed by atoms with E-state index in [0.29, 0.717) is 6.42 Å². The minimum Gasteiger partial charge on any atom is -0.350 e. The third kappa shape index (κ3) is 3.70. The predicted octanol–water partition coefficient (Wildman–Crippen LogP) is 1.08. The highest BCUT2D eigenvalue weighted by Crippen LogP contribution is 2.05. The summed E-state index contributed by atoms with van der Waals surface area (Å²) in [5, 5.41) is 3.13. The first kappa shape index (κ1) is 12.8. The van der Waals surface area contributed by atoms with Crippen LogP contribution in [0.5, 0.6) is 0 Å². The molecule has 0 unspecified atom stereocenters. The normalized spacial score (nSPS) is 10.4. The van der Waals surface area contributed by atoms with Crippen molar-refractivity contribution in [1.82, 2.24) is 14.8 Å². The van der Waals surface area contributed by atoms with E-state index in [2.05, 4.69) is 22.1 Å². The molecule has 1 aromatic rings. The Morgan fingerprint density at radius 2 is 2.25 bits per heavy atom. The van der Waals surface area contributed by atoms with E-state index in [9.17, 15) is 4.79 Å². The molecule has 1 aromatic heterocycles. The number of nitrogens with zero attached hydrogens (tertiary/aromatic N) is 2. The summed E-state index contributed by atoms with van der Waals surface area (Å²) in [5.41, 5.74) is 1.26. The molecule has 16 heavy (non-hydrogen) atoms. The largest absolute Gasteiger partial charge is 0.350 e. The van der Waals surface area contributed by atoms with Gasteiger partial charge in [-0.25, -0.2) is 0 Å². The molecule has 0 fully saturated rings. The summed E-state index contributed by atoms with van der Waals surface area (Å²) in [6.07, 6.45) is 3.57. The summed E-state index contributed by atoms with van der Waals surface area (Å²) in [6, 6.07) is 4.14. The van der Waals surface area contributed by atoms with Crippen LogP contribution in [0.3, 0.4) is 0 Å². The third-order valence-electron chi connectivity index (χ3n) is 2.57. The van der Waals surface area contributed by atoms with Gasteiger partial charge in [0.15, 0.2) is 0 Å². The van der Waals surface area contributed by atoms with Gasteiger partial charge in [-0.2, -0.15) is 0 Å². The molecule has 4 nitrogen and oxygen atoms in total. The van der Waals surface area contributed by atoms with Crippen LogP contribution in [-0.2, 0) is 17.9 Å². The molecular weight excluding hydrogens is 202 g/mol. The molecule has 0 atom stereocenters. The molecule has 4 heteroatoms. The number of carbonyl (C=O) groups is 1. The lowest BCUT2D eigenvalue weighted by molar-refractivity contribution is -0.128. The summed E-state index contributed by atoms with van der Waals surface area (Å²) in [5.74, 6) is 0.197. The number of hydrogen-bond acceptors (Lipinski definition) is 2. The average molecular weight is 223 g/mol. The Bertz CT molecular complexity index is 331. The molecule has 1 heterocycles. The zero-order valence-electron chi connectivity index (χ0n) is 10.4. The summed E-state index contributed by atoms with van der Waals surface area (Å²) in [4.78, 5) is 13.0. The van der Waals surface area contributed by atoms with Gasteiger partial charge >= 0.3 is 0 Å². The summed E-state index contributed by atoms with van der Waals surface area (Å²) < 4.78 is 2.19. The summed E-state index contributed by atoms with van der Waals surface area (Å²) in [6.45, 7) is 1.78. The van der Waals surface area contributed by atoms with Crippen molar-refractivity contribution in [2.24, 2.45) is 0 Å². The highest BCUT2D eigenvalue weighted by molar-refractivity contribution is 5.75. The Kier molecular flexibility index (Phi) is 5.05. The van der Waals surface area contributed by atoms with Crippen LogP contribution >= 0.6 is 0 Å². The molecule has 1 amide bonds. The van der Waals surface area contributed by atoms with E-state index in [1.807, 2.05) is 13.1 Å². The second-order valence-electron chi connectivity index (χ2n) is 4.11. The van der Waals surface area contributed by atoms with Gasteiger partial charge in [-0.15, -0.1) is 0 Å². The van der Waals surface area contributed by atoms with E-state index in [4.69, 9.17) is 0 Å². The lowest BCUT2D eigenvalue weighted by atomic mass is 10.3. The SMILES string of the molecule is CNCc1cccn1CCCC(=O)N(C)C. The topological polar surface area (TPSA) is 37.3 Å². The maximum Gasteiger partial charge on any atom is 0.222 e. The van der Waals surface area contributed by atoms with Gasteiger partial charge in [-0.1, -0.05) is 0 Å². The van der Waals surface area contributed by atoms with Gasteiger partial charge in [-0.3, -0.25) is 4.79 Å². The quantitative estimate of drug-likeness (QED) is 0.783. The van der Waals surface area contributed by atoms with Crippen molar-refractivity contribution in [3.8, 4) is 0 Å². The van der Waals surface area contributed by atoms with E-state index in [1.54, 1.807) is 19.0 Å². The number of amides is 1. The van der Waals surface area contributed by atoms with Crippen molar-refractivity contribution in [3.05, 3.63) is 24.0 Å². The molecular formula is C12H21N3O. The zero-order chi connectivity index (χ0) is 12.0. The smallest absolute Gasteiger partial charge is 0.222 e. The van der Waals surface area contributed by atoms with Crippen LogP contribution in [0.4, 0.5) is 0 Å². The number of aromatic nitrogens is 1. The zero-order valence-corrected chi connectivity index (χ0v) is 10.4. The molecule has 0 saturated heterocycles. The van der Waals surface area contributed by atoms with Crippen molar-refractivity contribution in [1.29, 1.82) is 0 Å². The van der Waals surface area contributed by atoms with E-state index in [-0.39, 0.29) is 5.91 Å². The monoisotopic (exact) mass is 223 g/mol. The highest BCUT2D eigenvalue weighted by atomic mass is 16.2. The van der Waals surface area contributed by atoms with Gasteiger partial charge < -0.3 is 14.8 Å². The van der Waals surface area contributed by atoms with Crippen LogP contribution in [-0.4, -0.2) is 36.5 Å². The summed E-state index contributed by atoms with van der Waals surface area (Å²) in [7, 11) is 5.53. The van der Waals surface area contributed by atoms with Gasteiger partial charge in [-0.05, 0) is 25.6 Å². The van der Waals surface area contributed by atoms with Gasteiger partial charge in [0, 0.05) is 45.5 Å². The number of hydrogen-bond donors (Lipinski definition) is 1. The van der Waals surface area contributed by atoms with E-state index < -0.39 is 0 Å². The number of rotatable bonds is 6. The second-order valence-corrected chi connectivity index (χ2v) is 4.11. The fourth-order valence-electron chi connectivity index (χ4n) is 1.63. The first-order chi connectivity index (χ1) is 7.65. The van der Waals surface area contributed by atoms with Crippen molar-refractivity contribution >= 4 is 5.91 Å². The molecule has 0 aromatic carbocycles. The Balaban J connectivity index is 2.37. The minimum absolute atomic E-state index is 0.197. The van der Waals surface area contributed by atoms with Crippen LogP contribution in [0.25, 0.3) is 0 Å². The maximum atomic E-state index is 11.4. The van der Waals surface area contributed by atoms with E-state index in [1.165, 1.54) is 5.69 Å². The Hall–Kier alpha value is -1.29. The number of aryl methyl sites for hydroxylation is 1. The second kappa shape index (κ2) is 6.33. The van der Waals surface area contributed by atoms with Crippen molar-refractivity contribution in [2.75, 3.05) is 21.1 Å². The first-order valence-electron chi connectivity index (χ1n) is 5.64. The van der Waals surface area contributed by atoms with Gasteiger partial charge in [0.2, 0.25) is 5.91 Å². The van der Waals surface area contributed by atoms with Crippen molar-refractivity contribution < 1.29 is 4.79 Å². The van der Waals surface area contributed by atoms with Crippen LogP contribution in [0.1, 0.15) is 18.5 Å². The maximum absolute atomic E-state index is 11.4. The third-order valence-corrected chi connectivity index (χ3v) is 2.57. The Morgan fingerprint density at radius 1 is 1.50 bits per heavy atom. The van der Waals surface area contributed by atoms with E-state index in [0.717, 1.165) is 19.5 Å². The fourth-order valence-corrected chi connectivity index (χ4v) is 1.63. The predicted molar refractivity (Wildman–Crippen MR) is 65.1 cm³/mol. The molecule has 1 rings (SSSR count). The van der Waals surface area contributed by atoms with Gasteiger partial charge in [0.25, 0.3) is 0 Å². The molecule has 0 spiro atoms. The lowest BCUT2D eigenvalue weighted by Gasteiger charge is -2.11. The molecule has 90 valence electrons. The molecule has 1 N–H and O–H groups in total. The molecule has 0 aliphatic heterocycles. The number of carbonyl (C=O) groups excluding carboxylic acids is 1. The van der Waals surface area contributed by atoms with Crippen LogP contribution in [0, 0.1) is 0 Å². The molecule has 0 bridgehead atoms. The number of nitrogens with one attached hydrogen (secondary N) is 1. The fraction of sp³-hybridized carbons (Fsp3) is 0.583. The van der Waals surface area contributed by atoms with E-state index >= 15 is 0 Å². The minimum atomic E-state index is 0.197. The molecule has 0 saturated carbocycles. The van der Waals surface area contributed by atoms with Crippen molar-refractivity contribution in [2.45, 2.75) is 25.9 Å². The van der Waals surface area contributed by atoms with Crippen LogP contribution in [0.15, 0.2) is 18.3 Å². The lowest BCUT2D eigenvalue weighted by Crippen LogP contribution is -2.21. The Morgan fingerprint density at radius 3 is 2.88 bits per heavy atom. The molecule has 0 aliphatic rings. The van der Waals surface area contributed by atoms with Crippen LogP contribution in [0.2, 0.25) is 0 Å². The summed E-state index contributed by atoms with van der Waals surface area (Å²) >= 11 is 0. The van der Waals surface area contributed by atoms with Gasteiger partial charge in [0.1, 0.15) is 0 Å². The standard InChI is InChI=1S/C12H21N3O/c1-13-10-11-6-4-8-15(11)9-5-7-12(16)14(2)3/h4,6,8,13H,5,7,9-10H2,1-3H3.